The molecule has 0 aliphatic heterocycles. The van der Waals surface area contributed by atoms with Gasteiger partial charge in [0.25, 0.3) is 0 Å². The Morgan fingerprint density at radius 2 is 2.73 bits per heavy atom. The van der Waals surface area contributed by atoms with Crippen LogP contribution in [0.5, 0.6) is 0 Å². The van der Waals surface area contributed by atoms with Crippen LogP contribution in [0.3, 0.4) is 0 Å². The molecule has 0 aliphatic carbocycles. The van der Waals surface area contributed by atoms with E-state index in [2.05, 4.69) is 20.0 Å². The van der Waals surface area contributed by atoms with E-state index in [4.69, 9.17) is 5.53 Å². The van der Waals surface area contributed by atoms with Gasteiger partial charge in [0.05, 0.1) is 6.54 Å². The topological polar surface area (TPSA) is 97.7 Å². The summed E-state index contributed by atoms with van der Waals surface area (Å²) in [6, 6.07) is 0. The first kappa shape index (κ1) is 7.59. The standard InChI is InChI=1S/C5H7N5O/c6-10-9-3-4(11)5-7-1-2-8-5/h1-2,4,11H,3H2,(H,7,8). The minimum Gasteiger partial charge on any atom is -0.385 e. The van der Waals surface area contributed by atoms with E-state index < -0.39 is 6.10 Å². The molecule has 6 nitrogen and oxygen atoms in total. The highest BCUT2D eigenvalue weighted by molar-refractivity contribution is 4.92. The van der Waals surface area contributed by atoms with Crippen LogP contribution in [0.2, 0.25) is 0 Å². The molecule has 0 saturated heterocycles. The number of hydrogen-bond acceptors (Lipinski definition) is 3. The minimum absolute atomic E-state index is 0.00398. The molecule has 1 aromatic rings. The van der Waals surface area contributed by atoms with Crippen molar-refractivity contribution >= 4 is 0 Å². The average molecular weight is 153 g/mol. The molecule has 1 rings (SSSR count). The lowest BCUT2D eigenvalue weighted by atomic mass is 10.3. The normalized spacial score (nSPS) is 12.1. The van der Waals surface area contributed by atoms with E-state index in [1.807, 2.05) is 0 Å². The molecule has 1 aromatic heterocycles. The third kappa shape index (κ3) is 1.96. The first-order valence-corrected chi connectivity index (χ1v) is 3.03. The second kappa shape index (κ2) is 3.60. The molecule has 0 aromatic carbocycles. The third-order valence-electron chi connectivity index (χ3n) is 1.15. The Hall–Kier alpha value is -1.52. The molecule has 11 heavy (non-hydrogen) atoms. The van der Waals surface area contributed by atoms with Crippen LogP contribution in [-0.4, -0.2) is 21.6 Å². The number of aliphatic hydroxyl groups excluding tert-OH is 1. The summed E-state index contributed by atoms with van der Waals surface area (Å²) in [5.74, 6) is 0.414. The van der Waals surface area contributed by atoms with Crippen LogP contribution in [0, 0.1) is 0 Å². The summed E-state index contributed by atoms with van der Waals surface area (Å²) in [6.45, 7) is 0.00398. The van der Waals surface area contributed by atoms with Gasteiger partial charge in [0.2, 0.25) is 0 Å². The summed E-state index contributed by atoms with van der Waals surface area (Å²) in [5, 5.41) is 12.4. The largest absolute Gasteiger partial charge is 0.385 e. The SMILES string of the molecule is [N-]=[N+]=NCC(O)c1ncc[nH]1. The van der Waals surface area contributed by atoms with Gasteiger partial charge in [0.1, 0.15) is 11.9 Å². The summed E-state index contributed by atoms with van der Waals surface area (Å²) in [6.07, 6.45) is 2.28. The number of H-pyrrole nitrogens is 1. The van der Waals surface area contributed by atoms with E-state index in [-0.39, 0.29) is 6.54 Å². The van der Waals surface area contributed by atoms with Crippen molar-refractivity contribution in [2.45, 2.75) is 6.10 Å². The lowest BCUT2D eigenvalue weighted by Gasteiger charge is -2.00. The van der Waals surface area contributed by atoms with E-state index in [0.29, 0.717) is 5.82 Å². The number of imidazole rings is 1. The zero-order chi connectivity index (χ0) is 8.10. The molecular formula is C5H7N5O. The molecule has 0 bridgehead atoms. The molecular weight excluding hydrogens is 146 g/mol. The van der Waals surface area contributed by atoms with Crippen molar-refractivity contribution in [1.29, 1.82) is 0 Å². The average Bonchev–Trinajstić information content (AvgIpc) is 2.52. The van der Waals surface area contributed by atoms with Gasteiger partial charge in [-0.05, 0) is 5.53 Å². The van der Waals surface area contributed by atoms with Crippen molar-refractivity contribution in [1.82, 2.24) is 9.97 Å². The first-order chi connectivity index (χ1) is 5.34. The second-order valence-corrected chi connectivity index (χ2v) is 1.90. The number of rotatable bonds is 3. The van der Waals surface area contributed by atoms with Crippen molar-refractivity contribution in [2.75, 3.05) is 6.54 Å². The van der Waals surface area contributed by atoms with E-state index in [0.717, 1.165) is 0 Å². The third-order valence-corrected chi connectivity index (χ3v) is 1.15. The Morgan fingerprint density at radius 3 is 3.27 bits per heavy atom. The zero-order valence-electron chi connectivity index (χ0n) is 5.68. The fourth-order valence-electron chi connectivity index (χ4n) is 0.660. The molecule has 58 valence electrons. The molecule has 0 amide bonds. The molecule has 0 radical (unpaired) electrons. The number of azide groups is 1. The van der Waals surface area contributed by atoms with Crippen molar-refractivity contribution in [3.05, 3.63) is 28.7 Å². The number of aromatic amines is 1. The minimum atomic E-state index is -0.833. The van der Waals surface area contributed by atoms with Gasteiger partial charge in [-0.25, -0.2) is 4.98 Å². The van der Waals surface area contributed by atoms with Gasteiger partial charge in [-0.3, -0.25) is 0 Å². The number of aromatic nitrogens is 2. The Labute approximate surface area is 62.5 Å². The van der Waals surface area contributed by atoms with E-state index in [1.54, 1.807) is 6.20 Å². The van der Waals surface area contributed by atoms with Crippen LogP contribution in [0.1, 0.15) is 11.9 Å². The number of nitrogens with zero attached hydrogens (tertiary/aromatic N) is 4. The molecule has 0 saturated carbocycles. The molecule has 0 spiro atoms. The highest BCUT2D eigenvalue weighted by atomic mass is 16.3. The van der Waals surface area contributed by atoms with Gasteiger partial charge in [0.15, 0.2) is 0 Å². The van der Waals surface area contributed by atoms with Crippen LogP contribution in [0.25, 0.3) is 10.4 Å². The van der Waals surface area contributed by atoms with Crippen LogP contribution in [0.15, 0.2) is 17.5 Å². The maximum absolute atomic E-state index is 9.18. The van der Waals surface area contributed by atoms with Crippen LogP contribution in [-0.2, 0) is 0 Å². The monoisotopic (exact) mass is 153 g/mol. The lowest BCUT2D eigenvalue weighted by molar-refractivity contribution is 0.177. The van der Waals surface area contributed by atoms with E-state index >= 15 is 0 Å². The number of aliphatic hydroxyl groups is 1. The molecule has 1 unspecified atom stereocenters. The van der Waals surface area contributed by atoms with Crippen molar-refractivity contribution < 1.29 is 5.11 Å². The summed E-state index contributed by atoms with van der Waals surface area (Å²) in [4.78, 5) is 8.99. The summed E-state index contributed by atoms with van der Waals surface area (Å²) in [5.41, 5.74) is 7.93. The zero-order valence-corrected chi connectivity index (χ0v) is 5.68. The fraction of sp³-hybridized carbons (Fsp3) is 0.400. The summed E-state index contributed by atoms with van der Waals surface area (Å²) in [7, 11) is 0. The quantitative estimate of drug-likeness (QED) is 0.380. The Balaban J connectivity index is 2.55. The molecule has 1 atom stereocenters. The summed E-state index contributed by atoms with van der Waals surface area (Å²) >= 11 is 0. The van der Waals surface area contributed by atoms with Gasteiger partial charge >= 0.3 is 0 Å². The van der Waals surface area contributed by atoms with Crippen LogP contribution < -0.4 is 0 Å². The number of nitrogens with one attached hydrogen (secondary N) is 1. The maximum Gasteiger partial charge on any atom is 0.135 e. The molecule has 0 aliphatic rings. The molecule has 1 heterocycles. The highest BCUT2D eigenvalue weighted by Crippen LogP contribution is 2.05. The second-order valence-electron chi connectivity index (χ2n) is 1.90. The maximum atomic E-state index is 9.18. The molecule has 6 heteroatoms. The Bertz CT molecular complexity index is 250. The fourth-order valence-corrected chi connectivity index (χ4v) is 0.660. The van der Waals surface area contributed by atoms with Gasteiger partial charge < -0.3 is 10.1 Å². The van der Waals surface area contributed by atoms with Crippen molar-refractivity contribution in [3.63, 3.8) is 0 Å². The predicted octanol–water partition coefficient (Wildman–Crippen LogP) is 0.753. The summed E-state index contributed by atoms with van der Waals surface area (Å²) < 4.78 is 0. The van der Waals surface area contributed by atoms with Crippen molar-refractivity contribution in [3.8, 4) is 0 Å². The Morgan fingerprint density at radius 1 is 1.91 bits per heavy atom. The van der Waals surface area contributed by atoms with Crippen molar-refractivity contribution in [2.24, 2.45) is 5.11 Å². The molecule has 0 fully saturated rings. The van der Waals surface area contributed by atoms with Gasteiger partial charge in [-0.2, -0.15) is 0 Å². The lowest BCUT2D eigenvalue weighted by Crippen LogP contribution is -2.02. The molecule has 2 N–H and O–H groups in total. The van der Waals surface area contributed by atoms with Gasteiger partial charge in [0, 0.05) is 17.3 Å². The number of hydrogen-bond donors (Lipinski definition) is 2. The van der Waals surface area contributed by atoms with Gasteiger partial charge in [-0.1, -0.05) is 5.11 Å². The van der Waals surface area contributed by atoms with Crippen LogP contribution >= 0.6 is 0 Å². The van der Waals surface area contributed by atoms with E-state index in [9.17, 15) is 5.11 Å². The first-order valence-electron chi connectivity index (χ1n) is 3.03. The smallest absolute Gasteiger partial charge is 0.135 e. The van der Waals surface area contributed by atoms with Crippen LogP contribution in [0.4, 0.5) is 0 Å². The predicted molar refractivity (Wildman–Crippen MR) is 37.6 cm³/mol. The Kier molecular flexibility index (Phi) is 2.48. The van der Waals surface area contributed by atoms with Gasteiger partial charge in [-0.15, -0.1) is 0 Å². The van der Waals surface area contributed by atoms with E-state index in [1.165, 1.54) is 6.20 Å². The highest BCUT2D eigenvalue weighted by Gasteiger charge is 2.06.